The van der Waals surface area contributed by atoms with Crippen molar-refractivity contribution < 1.29 is 26.7 Å². The smallest absolute Gasteiger partial charge is 0.232 e. The van der Waals surface area contributed by atoms with Gasteiger partial charge in [0.2, 0.25) is 5.91 Å². The molecule has 3 aromatic rings. The van der Waals surface area contributed by atoms with E-state index in [0.29, 0.717) is 42.3 Å². The molecule has 1 atom stereocenters. The largest absolute Gasteiger partial charge is 0.298 e. The number of hydrogen-bond acceptors (Lipinski definition) is 3. The first kappa shape index (κ1) is 27.7. The monoisotopic (exact) mass is 531 g/mol. The molecule has 4 rings (SSSR count). The Kier molecular flexibility index (Phi) is 8.13. The maximum absolute atomic E-state index is 14.5. The Morgan fingerprint density at radius 3 is 2.42 bits per heavy atom. The van der Waals surface area contributed by atoms with Crippen LogP contribution in [0.25, 0.3) is 11.3 Å². The van der Waals surface area contributed by atoms with Gasteiger partial charge in [-0.05, 0) is 67.9 Å². The van der Waals surface area contributed by atoms with Crippen molar-refractivity contribution >= 4 is 11.7 Å². The minimum Gasteiger partial charge on any atom is -0.298 e. The van der Waals surface area contributed by atoms with Crippen LogP contribution in [0.1, 0.15) is 61.2 Å². The predicted molar refractivity (Wildman–Crippen MR) is 135 cm³/mol. The van der Waals surface area contributed by atoms with Crippen LogP contribution in [0.3, 0.4) is 0 Å². The topological polar surface area (TPSA) is 46.1 Å². The van der Waals surface area contributed by atoms with E-state index in [1.807, 2.05) is 0 Å². The second kappa shape index (κ2) is 11.2. The molecule has 0 spiro atoms. The molecule has 1 aliphatic carbocycles. The number of rotatable bonds is 8. The summed E-state index contributed by atoms with van der Waals surface area (Å²) in [6.45, 7) is 5.33. The van der Waals surface area contributed by atoms with Gasteiger partial charge in [-0.15, -0.1) is 0 Å². The SMILES string of the molecule is CCCC(C)CCc1nc2c(nc1N(C)C(=O)Cc1c(C)c(F)c(F)c(F)c1F)CCc1cc(F)ccc1-2. The van der Waals surface area contributed by atoms with Crippen LogP contribution >= 0.6 is 0 Å². The highest BCUT2D eigenvalue weighted by Crippen LogP contribution is 2.35. The lowest BCUT2D eigenvalue weighted by atomic mass is 9.91. The average Bonchev–Trinajstić information content (AvgIpc) is 2.90. The minimum atomic E-state index is -1.95. The molecule has 1 aromatic heterocycles. The summed E-state index contributed by atoms with van der Waals surface area (Å²) in [5, 5.41) is 0. The van der Waals surface area contributed by atoms with Crippen molar-refractivity contribution in [2.45, 2.75) is 65.7 Å². The summed E-state index contributed by atoms with van der Waals surface area (Å²) in [4.78, 5) is 24.1. The number of carbonyl (C=O) groups is 1. The van der Waals surface area contributed by atoms with Crippen molar-refractivity contribution in [2.75, 3.05) is 11.9 Å². The number of likely N-dealkylation sites (N-methyl/N-ethyl adjacent to an activating group) is 1. The van der Waals surface area contributed by atoms with Crippen LogP contribution in [-0.4, -0.2) is 22.9 Å². The zero-order valence-corrected chi connectivity index (χ0v) is 21.9. The first-order valence-electron chi connectivity index (χ1n) is 12.8. The molecule has 2 aromatic carbocycles. The number of aryl methyl sites for hydroxylation is 3. The Labute approximate surface area is 218 Å². The molecule has 0 fully saturated rings. The molecule has 202 valence electrons. The average molecular weight is 532 g/mol. The summed E-state index contributed by atoms with van der Waals surface area (Å²) in [5.41, 5.74) is 2.45. The van der Waals surface area contributed by atoms with E-state index >= 15 is 0 Å². The predicted octanol–water partition coefficient (Wildman–Crippen LogP) is 6.82. The van der Waals surface area contributed by atoms with Crippen molar-refractivity contribution in [1.82, 2.24) is 9.97 Å². The molecule has 4 nitrogen and oxygen atoms in total. The molecule has 9 heteroatoms. The van der Waals surface area contributed by atoms with E-state index in [1.54, 1.807) is 6.07 Å². The number of anilines is 1. The number of benzene rings is 2. The van der Waals surface area contributed by atoms with Gasteiger partial charge in [-0.2, -0.15) is 0 Å². The molecule has 1 unspecified atom stereocenters. The third kappa shape index (κ3) is 5.28. The summed E-state index contributed by atoms with van der Waals surface area (Å²) in [6, 6.07) is 4.54. The zero-order chi connectivity index (χ0) is 27.7. The van der Waals surface area contributed by atoms with Crippen molar-refractivity contribution in [3.63, 3.8) is 0 Å². The van der Waals surface area contributed by atoms with Crippen LogP contribution in [0, 0.1) is 41.9 Å². The number of nitrogens with zero attached hydrogens (tertiary/aromatic N) is 3. The van der Waals surface area contributed by atoms with Gasteiger partial charge in [0.15, 0.2) is 29.1 Å². The summed E-state index contributed by atoms with van der Waals surface area (Å²) in [7, 11) is 1.45. The molecular formula is C29H30F5N3O. The number of aromatic nitrogens is 2. The van der Waals surface area contributed by atoms with Crippen LogP contribution in [0.15, 0.2) is 18.2 Å². The molecule has 0 saturated heterocycles. The second-order valence-electron chi connectivity index (χ2n) is 10.0. The Bertz CT molecular complexity index is 1360. The molecular weight excluding hydrogens is 501 g/mol. The van der Waals surface area contributed by atoms with Gasteiger partial charge in [0.1, 0.15) is 5.82 Å². The molecule has 1 aliphatic rings. The lowest BCUT2D eigenvalue weighted by Crippen LogP contribution is -2.31. The van der Waals surface area contributed by atoms with E-state index < -0.39 is 46.7 Å². The molecule has 0 bridgehead atoms. The van der Waals surface area contributed by atoms with Crippen molar-refractivity contribution in [3.8, 4) is 11.3 Å². The Morgan fingerprint density at radius 1 is 1.00 bits per heavy atom. The first-order chi connectivity index (χ1) is 18.0. The van der Waals surface area contributed by atoms with E-state index in [0.717, 1.165) is 37.3 Å². The van der Waals surface area contributed by atoms with Crippen molar-refractivity contribution in [1.29, 1.82) is 0 Å². The lowest BCUT2D eigenvalue weighted by Gasteiger charge is -2.25. The highest BCUT2D eigenvalue weighted by Gasteiger charge is 2.28. The minimum absolute atomic E-state index is 0.282. The zero-order valence-electron chi connectivity index (χ0n) is 21.9. The van der Waals surface area contributed by atoms with Crippen LogP contribution in [0.2, 0.25) is 0 Å². The lowest BCUT2D eigenvalue weighted by molar-refractivity contribution is -0.117. The maximum Gasteiger partial charge on any atom is 0.232 e. The highest BCUT2D eigenvalue weighted by atomic mass is 19.2. The van der Waals surface area contributed by atoms with Gasteiger partial charge < -0.3 is 0 Å². The van der Waals surface area contributed by atoms with Gasteiger partial charge >= 0.3 is 0 Å². The van der Waals surface area contributed by atoms with Gasteiger partial charge in [-0.25, -0.2) is 31.9 Å². The van der Waals surface area contributed by atoms with E-state index in [1.165, 1.54) is 24.1 Å². The van der Waals surface area contributed by atoms with Crippen molar-refractivity contribution in [3.05, 3.63) is 75.4 Å². The third-order valence-corrected chi connectivity index (χ3v) is 7.27. The molecule has 0 N–H and O–H groups in total. The Hall–Kier alpha value is -3.36. The van der Waals surface area contributed by atoms with Crippen LogP contribution in [0.4, 0.5) is 27.8 Å². The summed E-state index contributed by atoms with van der Waals surface area (Å²) in [6.07, 6.45) is 3.70. The highest BCUT2D eigenvalue weighted by molar-refractivity contribution is 5.94. The van der Waals surface area contributed by atoms with Gasteiger partial charge in [0.05, 0.1) is 23.5 Å². The number of halogens is 5. The molecule has 0 saturated carbocycles. The van der Waals surface area contributed by atoms with Gasteiger partial charge in [0, 0.05) is 18.2 Å². The third-order valence-electron chi connectivity index (χ3n) is 7.27. The standard InChI is InChI=1S/C29H30F5N3O/c1-5-6-15(2)7-11-22-29(36-21-12-8-17-13-18(30)9-10-19(17)28(21)35-22)37(4)23(38)14-20-16(3)24(31)26(33)27(34)25(20)32/h9-10,13,15H,5-8,11-12,14H2,1-4H3. The fourth-order valence-corrected chi connectivity index (χ4v) is 4.98. The molecule has 0 aliphatic heterocycles. The van der Waals surface area contributed by atoms with E-state index in [9.17, 15) is 26.7 Å². The fraction of sp³-hybridized carbons (Fsp3) is 0.414. The fourth-order valence-electron chi connectivity index (χ4n) is 4.98. The van der Waals surface area contributed by atoms with E-state index in [2.05, 4.69) is 13.8 Å². The number of carbonyl (C=O) groups excluding carboxylic acids is 1. The molecule has 38 heavy (non-hydrogen) atoms. The first-order valence-corrected chi connectivity index (χ1v) is 12.8. The van der Waals surface area contributed by atoms with Crippen LogP contribution in [0.5, 0.6) is 0 Å². The van der Waals surface area contributed by atoms with Gasteiger partial charge in [-0.1, -0.05) is 26.7 Å². The Balaban J connectivity index is 1.73. The maximum atomic E-state index is 14.5. The number of hydrogen-bond donors (Lipinski definition) is 0. The van der Waals surface area contributed by atoms with E-state index in [4.69, 9.17) is 9.97 Å². The van der Waals surface area contributed by atoms with Crippen LogP contribution < -0.4 is 4.90 Å². The molecule has 1 heterocycles. The quantitative estimate of drug-likeness (QED) is 0.182. The van der Waals surface area contributed by atoms with Crippen LogP contribution in [-0.2, 0) is 30.5 Å². The summed E-state index contributed by atoms with van der Waals surface area (Å²) in [5.74, 6) is -7.29. The van der Waals surface area contributed by atoms with Gasteiger partial charge in [-0.3, -0.25) is 9.69 Å². The number of amides is 1. The molecule has 0 radical (unpaired) electrons. The summed E-state index contributed by atoms with van der Waals surface area (Å²) < 4.78 is 69.9. The van der Waals surface area contributed by atoms with E-state index in [-0.39, 0.29) is 11.6 Å². The van der Waals surface area contributed by atoms with Crippen molar-refractivity contribution in [2.24, 2.45) is 5.92 Å². The second-order valence-corrected chi connectivity index (χ2v) is 10.0. The summed E-state index contributed by atoms with van der Waals surface area (Å²) >= 11 is 0. The number of fused-ring (bicyclic) bond motifs is 3. The molecule has 1 amide bonds. The van der Waals surface area contributed by atoms with Gasteiger partial charge in [0.25, 0.3) is 0 Å². The Morgan fingerprint density at radius 2 is 1.71 bits per heavy atom. The normalized spacial score (nSPS) is 13.2.